The summed E-state index contributed by atoms with van der Waals surface area (Å²) in [6, 6.07) is 6.73. The van der Waals surface area contributed by atoms with Crippen molar-refractivity contribution in [2.45, 2.75) is 18.2 Å². The number of carbonyl (C=O) groups is 1. The molecule has 0 saturated carbocycles. The Morgan fingerprint density at radius 3 is 2.57 bits per heavy atom. The second-order valence-corrected chi connectivity index (χ2v) is 7.18. The van der Waals surface area contributed by atoms with E-state index in [0.717, 1.165) is 11.1 Å². The molecule has 1 atom stereocenters. The molecule has 5 nitrogen and oxygen atoms in total. The summed E-state index contributed by atoms with van der Waals surface area (Å²) in [4.78, 5) is 11.6. The van der Waals surface area contributed by atoms with Gasteiger partial charge in [0.15, 0.2) is 0 Å². The van der Waals surface area contributed by atoms with E-state index < -0.39 is 10.0 Å². The van der Waals surface area contributed by atoms with Crippen molar-refractivity contribution in [2.24, 2.45) is 5.92 Å². The van der Waals surface area contributed by atoms with E-state index in [1.54, 1.807) is 24.3 Å². The lowest BCUT2D eigenvalue weighted by molar-refractivity contribution is -0.141. The van der Waals surface area contributed by atoms with Gasteiger partial charge in [-0.05, 0) is 19.1 Å². The first kappa shape index (κ1) is 15.7. The number of ether oxygens (including phenoxy) is 1. The van der Waals surface area contributed by atoms with Gasteiger partial charge < -0.3 is 4.74 Å². The Labute approximate surface area is 125 Å². The van der Waals surface area contributed by atoms with E-state index in [0.29, 0.717) is 0 Å². The molecular formula is C15H19NO4S. The number of hydrogen-bond acceptors (Lipinski definition) is 4. The number of sulfonamides is 1. The molecule has 6 heteroatoms. The van der Waals surface area contributed by atoms with Crippen LogP contribution in [0.5, 0.6) is 0 Å². The van der Waals surface area contributed by atoms with E-state index in [2.05, 4.69) is 11.3 Å². The molecule has 114 valence electrons. The molecule has 0 N–H and O–H groups in total. The minimum atomic E-state index is -3.54. The number of nitrogens with zero attached hydrogens (tertiary/aromatic N) is 1. The fourth-order valence-electron chi connectivity index (χ4n) is 2.33. The highest BCUT2D eigenvalue weighted by Crippen LogP contribution is 2.29. The van der Waals surface area contributed by atoms with Crippen molar-refractivity contribution in [3.63, 3.8) is 0 Å². The minimum Gasteiger partial charge on any atom is -0.469 e. The molecule has 2 rings (SSSR count). The van der Waals surface area contributed by atoms with Crippen LogP contribution in [0.2, 0.25) is 0 Å². The van der Waals surface area contributed by atoms with E-state index >= 15 is 0 Å². The van der Waals surface area contributed by atoms with E-state index in [1.165, 1.54) is 11.4 Å². The van der Waals surface area contributed by atoms with Crippen LogP contribution in [0.25, 0.3) is 0 Å². The minimum absolute atomic E-state index is 0.162. The SMILES string of the molecule is C=C1CN(S(=O)(=O)c2ccc(C)cc2)CC1CC(=O)OC. The molecular weight excluding hydrogens is 290 g/mol. The Balaban J connectivity index is 2.17. The number of carbonyl (C=O) groups excluding carboxylic acids is 1. The summed E-state index contributed by atoms with van der Waals surface area (Å²) in [5, 5.41) is 0. The van der Waals surface area contributed by atoms with Gasteiger partial charge in [0.05, 0.1) is 18.4 Å². The molecule has 0 radical (unpaired) electrons. The van der Waals surface area contributed by atoms with Crippen molar-refractivity contribution in [1.29, 1.82) is 0 Å². The number of methoxy groups -OCH3 is 1. The number of rotatable bonds is 4. The van der Waals surface area contributed by atoms with Crippen LogP contribution < -0.4 is 0 Å². The summed E-state index contributed by atoms with van der Waals surface area (Å²) in [6.07, 6.45) is 0.162. The molecule has 0 spiro atoms. The van der Waals surface area contributed by atoms with E-state index in [9.17, 15) is 13.2 Å². The Morgan fingerprint density at radius 2 is 2.00 bits per heavy atom. The average Bonchev–Trinajstić information content (AvgIpc) is 2.81. The third-order valence-electron chi connectivity index (χ3n) is 3.68. The van der Waals surface area contributed by atoms with Gasteiger partial charge in [-0.2, -0.15) is 4.31 Å². The van der Waals surface area contributed by atoms with Crippen LogP contribution in [0.15, 0.2) is 41.3 Å². The summed E-state index contributed by atoms with van der Waals surface area (Å²) in [6.45, 7) is 6.30. The maximum absolute atomic E-state index is 12.6. The summed E-state index contributed by atoms with van der Waals surface area (Å²) in [5.74, 6) is -0.534. The van der Waals surface area contributed by atoms with Crippen LogP contribution in [0, 0.1) is 12.8 Å². The highest BCUT2D eigenvalue weighted by Gasteiger charge is 2.35. The van der Waals surface area contributed by atoms with E-state index in [4.69, 9.17) is 0 Å². The molecule has 0 amide bonds. The lowest BCUT2D eigenvalue weighted by Crippen LogP contribution is -2.29. The van der Waals surface area contributed by atoms with Gasteiger partial charge in [0.25, 0.3) is 0 Å². The Morgan fingerprint density at radius 1 is 1.38 bits per heavy atom. The van der Waals surface area contributed by atoms with Crippen LogP contribution in [0.4, 0.5) is 0 Å². The van der Waals surface area contributed by atoms with Gasteiger partial charge in [0.1, 0.15) is 0 Å². The van der Waals surface area contributed by atoms with E-state index in [-0.39, 0.29) is 36.3 Å². The second-order valence-electron chi connectivity index (χ2n) is 5.25. The Kier molecular flexibility index (Phi) is 4.49. The largest absolute Gasteiger partial charge is 0.469 e. The van der Waals surface area contributed by atoms with Crippen molar-refractivity contribution in [3.05, 3.63) is 42.0 Å². The topological polar surface area (TPSA) is 63.7 Å². The van der Waals surface area contributed by atoms with Crippen molar-refractivity contribution in [2.75, 3.05) is 20.2 Å². The maximum atomic E-state index is 12.6. The summed E-state index contributed by atoms with van der Waals surface area (Å²) >= 11 is 0. The van der Waals surface area contributed by atoms with Gasteiger partial charge in [-0.15, -0.1) is 0 Å². The van der Waals surface area contributed by atoms with Crippen LogP contribution in [0.1, 0.15) is 12.0 Å². The van der Waals surface area contributed by atoms with Crippen molar-refractivity contribution in [1.82, 2.24) is 4.31 Å². The van der Waals surface area contributed by atoms with Crippen LogP contribution >= 0.6 is 0 Å². The molecule has 1 heterocycles. The van der Waals surface area contributed by atoms with Crippen LogP contribution in [0.3, 0.4) is 0 Å². The molecule has 1 aliphatic rings. The standard InChI is InChI=1S/C15H19NO4S/c1-11-4-6-14(7-5-11)21(18,19)16-9-12(2)13(10-16)8-15(17)20-3/h4-7,13H,2,8-10H2,1,3H3. The summed E-state index contributed by atoms with van der Waals surface area (Å²) in [5.41, 5.74) is 1.75. The summed E-state index contributed by atoms with van der Waals surface area (Å²) < 4.78 is 31.1. The predicted molar refractivity (Wildman–Crippen MR) is 79.2 cm³/mol. The van der Waals surface area contributed by atoms with Crippen molar-refractivity contribution in [3.8, 4) is 0 Å². The van der Waals surface area contributed by atoms with Gasteiger partial charge in [-0.3, -0.25) is 4.79 Å². The summed E-state index contributed by atoms with van der Waals surface area (Å²) in [7, 11) is -2.22. The molecule has 0 aliphatic carbocycles. The number of benzene rings is 1. The van der Waals surface area contributed by atoms with E-state index in [1.807, 2.05) is 6.92 Å². The molecule has 21 heavy (non-hydrogen) atoms. The lowest BCUT2D eigenvalue weighted by atomic mass is 10.0. The average molecular weight is 309 g/mol. The molecule has 1 aliphatic heterocycles. The van der Waals surface area contributed by atoms with Gasteiger partial charge in [0.2, 0.25) is 10.0 Å². The quantitative estimate of drug-likeness (QED) is 0.628. The third kappa shape index (κ3) is 3.33. The zero-order valence-electron chi connectivity index (χ0n) is 12.2. The Hall–Kier alpha value is -1.66. The van der Waals surface area contributed by atoms with Gasteiger partial charge in [-0.1, -0.05) is 29.8 Å². The maximum Gasteiger partial charge on any atom is 0.306 e. The van der Waals surface area contributed by atoms with Crippen molar-refractivity contribution < 1.29 is 17.9 Å². The first-order valence-electron chi connectivity index (χ1n) is 6.66. The predicted octanol–water partition coefficient (Wildman–Crippen LogP) is 1.73. The second kappa shape index (κ2) is 5.99. The van der Waals surface area contributed by atoms with Crippen LogP contribution in [-0.2, 0) is 19.6 Å². The van der Waals surface area contributed by atoms with Gasteiger partial charge in [-0.25, -0.2) is 8.42 Å². The fraction of sp³-hybridized carbons (Fsp3) is 0.400. The molecule has 1 fully saturated rings. The zero-order valence-corrected chi connectivity index (χ0v) is 13.0. The number of aryl methyl sites for hydroxylation is 1. The first-order valence-corrected chi connectivity index (χ1v) is 8.10. The Bertz CT molecular complexity index is 649. The molecule has 1 aromatic rings. The normalized spacial score (nSPS) is 19.7. The monoisotopic (exact) mass is 309 g/mol. The molecule has 0 aromatic heterocycles. The van der Waals surface area contributed by atoms with Gasteiger partial charge in [0, 0.05) is 19.0 Å². The number of esters is 1. The van der Waals surface area contributed by atoms with Crippen LogP contribution in [-0.4, -0.2) is 38.9 Å². The van der Waals surface area contributed by atoms with Crippen molar-refractivity contribution >= 4 is 16.0 Å². The molecule has 1 unspecified atom stereocenters. The highest BCUT2D eigenvalue weighted by molar-refractivity contribution is 7.89. The zero-order chi connectivity index (χ0) is 15.6. The smallest absolute Gasteiger partial charge is 0.306 e. The lowest BCUT2D eigenvalue weighted by Gasteiger charge is -2.16. The molecule has 1 saturated heterocycles. The fourth-order valence-corrected chi connectivity index (χ4v) is 3.82. The van der Waals surface area contributed by atoms with Gasteiger partial charge >= 0.3 is 5.97 Å². The highest BCUT2D eigenvalue weighted by atomic mass is 32.2. The first-order chi connectivity index (χ1) is 9.84. The number of hydrogen-bond donors (Lipinski definition) is 0. The molecule has 1 aromatic carbocycles. The third-order valence-corrected chi connectivity index (χ3v) is 5.51. The molecule has 0 bridgehead atoms.